The van der Waals surface area contributed by atoms with Gasteiger partial charge in [-0.1, -0.05) is 6.07 Å². The second-order valence-electron chi connectivity index (χ2n) is 6.60. The van der Waals surface area contributed by atoms with Crippen LogP contribution in [0.4, 0.5) is 11.4 Å². The maximum absolute atomic E-state index is 12.8. The van der Waals surface area contributed by atoms with Crippen LogP contribution in [0.5, 0.6) is 0 Å². The highest BCUT2D eigenvalue weighted by Crippen LogP contribution is 2.30. The normalized spacial score (nSPS) is 14.4. The standard InChI is InChI=1S/C19H22N2O3S/c1-12-9-14(3)18(10-13(12)2)25(23,24)20-16-6-7-17-15(11-16)5-8-19(22)21(17)4/h6-7,9-11,20H,5,8H2,1-4H3. The molecule has 25 heavy (non-hydrogen) atoms. The SMILES string of the molecule is Cc1cc(C)c(S(=O)(=O)Nc2ccc3c(c2)CCC(=O)N3C)cc1C. The zero-order valence-electron chi connectivity index (χ0n) is 14.9. The molecule has 0 unspecified atom stereocenters. The van der Waals surface area contributed by atoms with E-state index in [0.717, 1.165) is 27.9 Å². The molecule has 5 nitrogen and oxygen atoms in total. The highest BCUT2D eigenvalue weighted by Gasteiger charge is 2.23. The monoisotopic (exact) mass is 358 g/mol. The number of aryl methyl sites for hydroxylation is 4. The molecule has 0 aliphatic carbocycles. The maximum atomic E-state index is 12.8. The fraction of sp³-hybridized carbons (Fsp3) is 0.316. The molecule has 6 heteroatoms. The molecule has 0 bridgehead atoms. The number of benzene rings is 2. The van der Waals surface area contributed by atoms with E-state index in [9.17, 15) is 13.2 Å². The third kappa shape index (κ3) is 3.26. The molecule has 0 saturated heterocycles. The van der Waals surface area contributed by atoms with Gasteiger partial charge in [0.15, 0.2) is 0 Å². The predicted octanol–water partition coefficient (Wildman–Crippen LogP) is 3.32. The first-order chi connectivity index (χ1) is 11.7. The summed E-state index contributed by atoms with van der Waals surface area (Å²) in [5.41, 5.74) is 5.05. The van der Waals surface area contributed by atoms with Crippen molar-refractivity contribution >= 4 is 27.3 Å². The number of nitrogens with zero attached hydrogens (tertiary/aromatic N) is 1. The Kier molecular flexibility index (Phi) is 4.33. The second kappa shape index (κ2) is 6.19. The summed E-state index contributed by atoms with van der Waals surface area (Å²) in [7, 11) is -1.93. The Morgan fingerprint density at radius 2 is 1.64 bits per heavy atom. The van der Waals surface area contributed by atoms with Crippen molar-refractivity contribution in [1.29, 1.82) is 0 Å². The first-order valence-electron chi connectivity index (χ1n) is 8.19. The Morgan fingerprint density at radius 3 is 2.36 bits per heavy atom. The summed E-state index contributed by atoms with van der Waals surface area (Å²) in [5, 5.41) is 0. The highest BCUT2D eigenvalue weighted by atomic mass is 32.2. The fourth-order valence-electron chi connectivity index (χ4n) is 3.15. The summed E-state index contributed by atoms with van der Waals surface area (Å²) in [5.74, 6) is 0.0755. The average molecular weight is 358 g/mol. The molecule has 0 saturated carbocycles. The molecule has 0 spiro atoms. The number of hydrogen-bond acceptors (Lipinski definition) is 3. The van der Waals surface area contributed by atoms with Crippen LogP contribution in [0.3, 0.4) is 0 Å². The minimum Gasteiger partial charge on any atom is -0.315 e. The molecule has 1 heterocycles. The van der Waals surface area contributed by atoms with E-state index in [1.54, 1.807) is 37.1 Å². The molecule has 0 atom stereocenters. The van der Waals surface area contributed by atoms with Gasteiger partial charge in [0.1, 0.15) is 0 Å². The van der Waals surface area contributed by atoms with Crippen molar-refractivity contribution in [2.45, 2.75) is 38.5 Å². The molecule has 1 aliphatic heterocycles. The Labute approximate surface area is 148 Å². The second-order valence-corrected chi connectivity index (χ2v) is 8.25. The fourth-order valence-corrected chi connectivity index (χ4v) is 4.52. The zero-order chi connectivity index (χ0) is 18.4. The van der Waals surface area contributed by atoms with Gasteiger partial charge in [0.25, 0.3) is 10.0 Å². The molecular weight excluding hydrogens is 336 g/mol. The molecule has 3 rings (SSSR count). The Balaban J connectivity index is 1.95. The number of anilines is 2. The lowest BCUT2D eigenvalue weighted by Crippen LogP contribution is -2.31. The lowest BCUT2D eigenvalue weighted by Gasteiger charge is -2.26. The first-order valence-corrected chi connectivity index (χ1v) is 9.67. The van der Waals surface area contributed by atoms with Crippen LogP contribution in [-0.4, -0.2) is 21.4 Å². The topological polar surface area (TPSA) is 66.5 Å². The van der Waals surface area contributed by atoms with Gasteiger partial charge in [0.05, 0.1) is 4.90 Å². The van der Waals surface area contributed by atoms with Gasteiger partial charge in [0.2, 0.25) is 5.91 Å². The van der Waals surface area contributed by atoms with Crippen LogP contribution in [-0.2, 0) is 21.2 Å². The molecule has 1 amide bonds. The first kappa shape index (κ1) is 17.5. The predicted molar refractivity (Wildman–Crippen MR) is 99.6 cm³/mol. The summed E-state index contributed by atoms with van der Waals surface area (Å²) < 4.78 is 28.3. The van der Waals surface area contributed by atoms with Gasteiger partial charge in [-0.25, -0.2) is 8.42 Å². The van der Waals surface area contributed by atoms with E-state index in [0.29, 0.717) is 23.4 Å². The molecular formula is C19H22N2O3S. The van der Waals surface area contributed by atoms with Crippen LogP contribution >= 0.6 is 0 Å². The summed E-state index contributed by atoms with van der Waals surface area (Å²) in [4.78, 5) is 13.7. The molecule has 2 aromatic rings. The molecule has 2 aromatic carbocycles. The number of fused-ring (bicyclic) bond motifs is 1. The number of amides is 1. The van der Waals surface area contributed by atoms with E-state index >= 15 is 0 Å². The van der Waals surface area contributed by atoms with Gasteiger partial charge in [-0.2, -0.15) is 0 Å². The van der Waals surface area contributed by atoms with E-state index in [2.05, 4.69) is 4.72 Å². The maximum Gasteiger partial charge on any atom is 0.262 e. The smallest absolute Gasteiger partial charge is 0.262 e. The number of hydrogen-bond donors (Lipinski definition) is 1. The number of carbonyl (C=O) groups is 1. The highest BCUT2D eigenvalue weighted by molar-refractivity contribution is 7.92. The quantitative estimate of drug-likeness (QED) is 0.915. The Hall–Kier alpha value is -2.34. The summed E-state index contributed by atoms with van der Waals surface area (Å²) >= 11 is 0. The van der Waals surface area contributed by atoms with Gasteiger partial charge in [-0.3, -0.25) is 9.52 Å². The van der Waals surface area contributed by atoms with Crippen LogP contribution in [0.1, 0.15) is 28.7 Å². The van der Waals surface area contributed by atoms with Crippen molar-refractivity contribution in [3.63, 3.8) is 0 Å². The van der Waals surface area contributed by atoms with E-state index in [1.807, 2.05) is 26.0 Å². The van der Waals surface area contributed by atoms with E-state index in [-0.39, 0.29) is 5.91 Å². The van der Waals surface area contributed by atoms with Gasteiger partial charge >= 0.3 is 0 Å². The number of carbonyl (C=O) groups excluding carboxylic acids is 1. The van der Waals surface area contributed by atoms with Crippen molar-refractivity contribution in [2.24, 2.45) is 0 Å². The zero-order valence-corrected chi connectivity index (χ0v) is 15.7. The van der Waals surface area contributed by atoms with Gasteiger partial charge in [0, 0.05) is 24.8 Å². The molecule has 1 aliphatic rings. The summed E-state index contributed by atoms with van der Waals surface area (Å²) in [6.07, 6.45) is 1.06. The van der Waals surface area contributed by atoms with E-state index in [1.165, 1.54) is 0 Å². The van der Waals surface area contributed by atoms with Crippen LogP contribution < -0.4 is 9.62 Å². The lowest BCUT2D eigenvalue weighted by molar-refractivity contribution is -0.118. The third-order valence-corrected chi connectivity index (χ3v) is 6.28. The molecule has 0 fully saturated rings. The van der Waals surface area contributed by atoms with Crippen molar-refractivity contribution in [3.8, 4) is 0 Å². The van der Waals surface area contributed by atoms with Crippen LogP contribution in [0.25, 0.3) is 0 Å². The van der Waals surface area contributed by atoms with Gasteiger partial charge in [-0.15, -0.1) is 0 Å². The van der Waals surface area contributed by atoms with Crippen molar-refractivity contribution < 1.29 is 13.2 Å². The number of sulfonamides is 1. The summed E-state index contributed by atoms with van der Waals surface area (Å²) in [6, 6.07) is 8.89. The van der Waals surface area contributed by atoms with Crippen LogP contribution in [0, 0.1) is 20.8 Å². The van der Waals surface area contributed by atoms with E-state index < -0.39 is 10.0 Å². The Morgan fingerprint density at radius 1 is 0.960 bits per heavy atom. The van der Waals surface area contributed by atoms with Gasteiger partial charge in [-0.05, 0) is 73.7 Å². The van der Waals surface area contributed by atoms with Crippen LogP contribution in [0.2, 0.25) is 0 Å². The van der Waals surface area contributed by atoms with Crippen molar-refractivity contribution in [1.82, 2.24) is 0 Å². The average Bonchev–Trinajstić information content (AvgIpc) is 2.54. The third-order valence-electron chi connectivity index (χ3n) is 4.76. The minimum atomic E-state index is -3.66. The Bertz CT molecular complexity index is 965. The number of nitrogens with one attached hydrogen (secondary N) is 1. The van der Waals surface area contributed by atoms with E-state index in [4.69, 9.17) is 0 Å². The number of rotatable bonds is 3. The van der Waals surface area contributed by atoms with Crippen molar-refractivity contribution in [3.05, 3.63) is 52.6 Å². The molecule has 132 valence electrons. The minimum absolute atomic E-state index is 0.0755. The van der Waals surface area contributed by atoms with Crippen molar-refractivity contribution in [2.75, 3.05) is 16.7 Å². The van der Waals surface area contributed by atoms with Crippen LogP contribution in [0.15, 0.2) is 35.2 Å². The lowest BCUT2D eigenvalue weighted by atomic mass is 10.0. The molecule has 0 aromatic heterocycles. The van der Waals surface area contributed by atoms with Gasteiger partial charge < -0.3 is 4.90 Å². The largest absolute Gasteiger partial charge is 0.315 e. The summed E-state index contributed by atoms with van der Waals surface area (Å²) in [6.45, 7) is 5.67. The molecule has 1 N–H and O–H groups in total. The molecule has 0 radical (unpaired) electrons.